The van der Waals surface area contributed by atoms with Crippen molar-refractivity contribution in [3.05, 3.63) is 23.8 Å². The number of carbonyl (C=O) groups excluding carboxylic acids is 1. The van der Waals surface area contributed by atoms with Gasteiger partial charge in [0.2, 0.25) is 0 Å². The van der Waals surface area contributed by atoms with Crippen LogP contribution in [0.3, 0.4) is 0 Å². The maximum atomic E-state index is 12.3. The third-order valence-corrected chi connectivity index (χ3v) is 4.56. The first kappa shape index (κ1) is 17.5. The summed E-state index contributed by atoms with van der Waals surface area (Å²) in [5.74, 6) is 3.22. The van der Waals surface area contributed by atoms with Crippen LogP contribution in [0, 0.1) is 12.3 Å². The fourth-order valence-electron chi connectivity index (χ4n) is 2.75. The van der Waals surface area contributed by atoms with E-state index in [4.69, 9.17) is 27.5 Å². The Hall–Kier alpha value is -1.86. The first-order valence-electron chi connectivity index (χ1n) is 7.79. The van der Waals surface area contributed by atoms with Crippen LogP contribution in [0.4, 0.5) is 0 Å². The summed E-state index contributed by atoms with van der Waals surface area (Å²) >= 11 is 6.57. The Bertz CT molecular complexity index is 588. The topological polar surface area (TPSA) is 47.6 Å². The molecule has 1 N–H and O–H groups in total. The molecule has 1 aromatic rings. The molecule has 2 rings (SSSR count). The molecule has 0 saturated heterocycles. The van der Waals surface area contributed by atoms with Crippen LogP contribution in [-0.4, -0.2) is 31.0 Å². The summed E-state index contributed by atoms with van der Waals surface area (Å²) in [5, 5.41) is 2.92. The SMILES string of the molecule is C#CCOc1ccc(C(=O)NCC2(Cl)CCCCC2)cc1OC. The van der Waals surface area contributed by atoms with Gasteiger partial charge in [0.1, 0.15) is 6.61 Å². The van der Waals surface area contributed by atoms with Crippen LogP contribution in [0.2, 0.25) is 0 Å². The molecule has 0 spiro atoms. The van der Waals surface area contributed by atoms with Crippen LogP contribution < -0.4 is 14.8 Å². The Morgan fingerprint density at radius 1 is 1.35 bits per heavy atom. The highest BCUT2D eigenvalue weighted by molar-refractivity contribution is 6.24. The highest BCUT2D eigenvalue weighted by atomic mass is 35.5. The molecule has 23 heavy (non-hydrogen) atoms. The van der Waals surface area contributed by atoms with Gasteiger partial charge in [0, 0.05) is 12.1 Å². The average Bonchev–Trinajstić information content (AvgIpc) is 2.58. The van der Waals surface area contributed by atoms with Crippen molar-refractivity contribution >= 4 is 17.5 Å². The van der Waals surface area contributed by atoms with Crippen LogP contribution in [0.25, 0.3) is 0 Å². The summed E-state index contributed by atoms with van der Waals surface area (Å²) in [6.45, 7) is 0.627. The number of halogens is 1. The van der Waals surface area contributed by atoms with Crippen molar-refractivity contribution in [1.29, 1.82) is 0 Å². The molecule has 0 atom stereocenters. The normalized spacial score (nSPS) is 16.2. The molecular formula is C18H22ClNO3. The standard InChI is InChI=1S/C18H22ClNO3/c1-3-11-23-15-8-7-14(12-16(15)22-2)17(21)20-13-18(19)9-5-4-6-10-18/h1,7-8,12H,4-6,9-11,13H2,2H3,(H,20,21). The Kier molecular flexibility index (Phi) is 6.18. The minimum atomic E-state index is -0.312. The predicted molar refractivity (Wildman–Crippen MR) is 91.3 cm³/mol. The number of rotatable bonds is 6. The van der Waals surface area contributed by atoms with E-state index in [2.05, 4.69) is 11.2 Å². The zero-order valence-electron chi connectivity index (χ0n) is 13.4. The van der Waals surface area contributed by atoms with E-state index in [-0.39, 0.29) is 17.4 Å². The summed E-state index contributed by atoms with van der Waals surface area (Å²) in [5.41, 5.74) is 0.506. The number of carbonyl (C=O) groups is 1. The molecule has 1 fully saturated rings. The van der Waals surface area contributed by atoms with Crippen molar-refractivity contribution in [1.82, 2.24) is 5.32 Å². The number of hydrogen-bond acceptors (Lipinski definition) is 3. The number of hydrogen-bond donors (Lipinski definition) is 1. The first-order chi connectivity index (χ1) is 11.1. The fourth-order valence-corrected chi connectivity index (χ4v) is 3.08. The van der Waals surface area contributed by atoms with Crippen molar-refractivity contribution < 1.29 is 14.3 Å². The van der Waals surface area contributed by atoms with Gasteiger partial charge in [-0.1, -0.05) is 25.2 Å². The van der Waals surface area contributed by atoms with Gasteiger partial charge in [0.05, 0.1) is 12.0 Å². The molecule has 124 valence electrons. The molecule has 1 saturated carbocycles. The van der Waals surface area contributed by atoms with Crippen LogP contribution in [0.1, 0.15) is 42.5 Å². The third kappa shape index (κ3) is 4.80. The maximum Gasteiger partial charge on any atom is 0.251 e. The zero-order valence-corrected chi connectivity index (χ0v) is 14.1. The molecule has 5 heteroatoms. The number of alkyl halides is 1. The van der Waals surface area contributed by atoms with E-state index in [0.29, 0.717) is 23.6 Å². The lowest BCUT2D eigenvalue weighted by atomic mass is 9.88. The number of ether oxygens (including phenoxy) is 2. The summed E-state index contributed by atoms with van der Waals surface area (Å²) in [7, 11) is 1.52. The Morgan fingerprint density at radius 2 is 2.09 bits per heavy atom. The molecule has 0 aromatic heterocycles. The molecule has 0 radical (unpaired) electrons. The second kappa shape index (κ2) is 8.12. The number of terminal acetylenes is 1. The molecule has 1 aliphatic rings. The van der Waals surface area contributed by atoms with Crippen LogP contribution >= 0.6 is 11.6 Å². The van der Waals surface area contributed by atoms with Gasteiger partial charge < -0.3 is 14.8 Å². The molecule has 1 aromatic carbocycles. The summed E-state index contributed by atoms with van der Waals surface area (Å²) in [6.07, 6.45) is 10.5. The van der Waals surface area contributed by atoms with E-state index in [9.17, 15) is 4.79 Å². The van der Waals surface area contributed by atoms with Crippen LogP contribution in [0.5, 0.6) is 11.5 Å². The third-order valence-electron chi connectivity index (χ3n) is 4.05. The Morgan fingerprint density at radius 3 is 2.74 bits per heavy atom. The number of amides is 1. The number of nitrogens with one attached hydrogen (secondary N) is 1. The highest BCUT2D eigenvalue weighted by Gasteiger charge is 2.30. The highest BCUT2D eigenvalue weighted by Crippen LogP contribution is 2.33. The lowest BCUT2D eigenvalue weighted by molar-refractivity contribution is 0.0946. The van der Waals surface area contributed by atoms with Crippen molar-refractivity contribution in [2.24, 2.45) is 0 Å². The molecule has 0 unspecified atom stereocenters. The van der Waals surface area contributed by atoms with Gasteiger partial charge in [0.15, 0.2) is 11.5 Å². The molecular weight excluding hydrogens is 314 g/mol. The Balaban J connectivity index is 2.00. The summed E-state index contributed by atoms with van der Waals surface area (Å²) in [4.78, 5) is 12.0. The van der Waals surface area contributed by atoms with Crippen molar-refractivity contribution in [3.8, 4) is 23.8 Å². The van der Waals surface area contributed by atoms with Crippen molar-refractivity contribution in [2.45, 2.75) is 37.0 Å². The van der Waals surface area contributed by atoms with Gasteiger partial charge in [-0.15, -0.1) is 18.0 Å². The van der Waals surface area contributed by atoms with Crippen LogP contribution in [0.15, 0.2) is 18.2 Å². The van der Waals surface area contributed by atoms with E-state index in [1.807, 2.05) is 0 Å². The van der Waals surface area contributed by atoms with E-state index < -0.39 is 0 Å². The van der Waals surface area contributed by atoms with Gasteiger partial charge >= 0.3 is 0 Å². The largest absolute Gasteiger partial charge is 0.493 e. The molecule has 0 bridgehead atoms. The van der Waals surface area contributed by atoms with E-state index >= 15 is 0 Å². The predicted octanol–water partition coefficient (Wildman–Crippen LogP) is 3.38. The van der Waals surface area contributed by atoms with Gasteiger partial charge in [-0.2, -0.15) is 0 Å². The second-order valence-corrected chi connectivity index (χ2v) is 6.55. The monoisotopic (exact) mass is 335 g/mol. The molecule has 0 heterocycles. The van der Waals surface area contributed by atoms with E-state index in [0.717, 1.165) is 25.7 Å². The molecule has 4 nitrogen and oxygen atoms in total. The van der Waals surface area contributed by atoms with Gasteiger partial charge in [0.25, 0.3) is 5.91 Å². The summed E-state index contributed by atoms with van der Waals surface area (Å²) < 4.78 is 10.6. The zero-order chi connectivity index (χ0) is 16.7. The van der Waals surface area contributed by atoms with E-state index in [1.54, 1.807) is 18.2 Å². The lowest BCUT2D eigenvalue weighted by Gasteiger charge is -2.31. The van der Waals surface area contributed by atoms with E-state index in [1.165, 1.54) is 13.5 Å². The Labute approximate surface area is 142 Å². The minimum Gasteiger partial charge on any atom is -0.493 e. The smallest absolute Gasteiger partial charge is 0.251 e. The average molecular weight is 336 g/mol. The number of methoxy groups -OCH3 is 1. The number of benzene rings is 1. The van der Waals surface area contributed by atoms with Gasteiger partial charge in [-0.3, -0.25) is 4.79 Å². The van der Waals surface area contributed by atoms with Crippen molar-refractivity contribution in [2.75, 3.05) is 20.3 Å². The minimum absolute atomic E-state index is 0.149. The molecule has 1 aliphatic carbocycles. The van der Waals surface area contributed by atoms with Gasteiger partial charge in [-0.25, -0.2) is 0 Å². The first-order valence-corrected chi connectivity index (χ1v) is 8.17. The molecule has 1 amide bonds. The molecule has 0 aliphatic heterocycles. The van der Waals surface area contributed by atoms with Crippen LogP contribution in [-0.2, 0) is 0 Å². The summed E-state index contributed by atoms with van der Waals surface area (Å²) in [6, 6.07) is 5.01. The quantitative estimate of drug-likeness (QED) is 0.640. The van der Waals surface area contributed by atoms with Gasteiger partial charge in [-0.05, 0) is 31.0 Å². The lowest BCUT2D eigenvalue weighted by Crippen LogP contribution is -2.40. The maximum absolute atomic E-state index is 12.3. The van der Waals surface area contributed by atoms with Crippen molar-refractivity contribution in [3.63, 3.8) is 0 Å². The fraction of sp³-hybridized carbons (Fsp3) is 0.500. The second-order valence-electron chi connectivity index (χ2n) is 5.75.